The van der Waals surface area contributed by atoms with Crippen LogP contribution < -0.4 is 10.1 Å². The summed E-state index contributed by atoms with van der Waals surface area (Å²) in [6.07, 6.45) is 2.31. The van der Waals surface area contributed by atoms with Crippen LogP contribution in [0, 0.1) is 0 Å². The first-order valence-electron chi connectivity index (χ1n) is 6.64. The summed E-state index contributed by atoms with van der Waals surface area (Å²) in [4.78, 5) is 4.34. The number of nitrogens with zero attached hydrogens (tertiary/aromatic N) is 2. The molecule has 0 amide bonds. The molecule has 1 aromatic carbocycles. The lowest BCUT2D eigenvalue weighted by Gasteiger charge is -2.08. The molecule has 1 aliphatic rings. The van der Waals surface area contributed by atoms with Gasteiger partial charge in [-0.05, 0) is 53.5 Å². The van der Waals surface area contributed by atoms with Crippen LogP contribution in [0.25, 0.3) is 0 Å². The molecule has 0 radical (unpaired) electrons. The highest BCUT2D eigenvalue weighted by Gasteiger charge is 2.29. The Morgan fingerprint density at radius 1 is 1.45 bits per heavy atom. The SMILES string of the molecule is CNCc1ccc(OCc2noc(C3CC3)n2)c(Br)c1. The third-order valence-electron chi connectivity index (χ3n) is 3.14. The average Bonchev–Trinajstić information content (AvgIpc) is 3.18. The molecule has 0 atom stereocenters. The highest BCUT2D eigenvalue weighted by molar-refractivity contribution is 9.10. The van der Waals surface area contributed by atoms with E-state index in [1.54, 1.807) is 0 Å². The number of ether oxygens (including phenoxy) is 1. The molecule has 6 heteroatoms. The fraction of sp³-hybridized carbons (Fsp3) is 0.429. The number of hydrogen-bond acceptors (Lipinski definition) is 5. The molecule has 1 aliphatic carbocycles. The maximum Gasteiger partial charge on any atom is 0.229 e. The number of hydrogen-bond donors (Lipinski definition) is 1. The zero-order valence-corrected chi connectivity index (χ0v) is 12.8. The van der Waals surface area contributed by atoms with Crippen LogP contribution in [0.4, 0.5) is 0 Å². The van der Waals surface area contributed by atoms with Gasteiger partial charge in [0.1, 0.15) is 5.75 Å². The monoisotopic (exact) mass is 337 g/mol. The summed E-state index contributed by atoms with van der Waals surface area (Å²) < 4.78 is 11.8. The molecule has 1 fully saturated rings. The summed E-state index contributed by atoms with van der Waals surface area (Å²) in [5, 5.41) is 7.05. The van der Waals surface area contributed by atoms with Gasteiger partial charge >= 0.3 is 0 Å². The summed E-state index contributed by atoms with van der Waals surface area (Å²) in [5.41, 5.74) is 1.20. The standard InChI is InChI=1S/C14H16BrN3O2/c1-16-7-9-2-5-12(11(15)6-9)19-8-13-17-14(20-18-13)10-3-4-10/h2,5-6,10,16H,3-4,7-8H2,1H3. The molecule has 3 rings (SSSR count). The lowest BCUT2D eigenvalue weighted by molar-refractivity contribution is 0.283. The summed E-state index contributed by atoms with van der Waals surface area (Å²) >= 11 is 3.51. The van der Waals surface area contributed by atoms with E-state index in [2.05, 4.69) is 31.4 Å². The third kappa shape index (κ3) is 3.19. The minimum absolute atomic E-state index is 0.320. The Balaban J connectivity index is 1.61. The van der Waals surface area contributed by atoms with Crippen LogP contribution in [0.5, 0.6) is 5.75 Å². The first-order valence-corrected chi connectivity index (χ1v) is 7.44. The zero-order chi connectivity index (χ0) is 13.9. The summed E-state index contributed by atoms with van der Waals surface area (Å²) in [6.45, 7) is 1.15. The van der Waals surface area contributed by atoms with E-state index in [4.69, 9.17) is 9.26 Å². The van der Waals surface area contributed by atoms with E-state index in [1.165, 1.54) is 5.56 Å². The Labute approximate surface area is 125 Å². The maximum atomic E-state index is 5.72. The molecule has 1 heterocycles. The molecule has 1 aromatic heterocycles. The van der Waals surface area contributed by atoms with E-state index in [0.29, 0.717) is 18.3 Å². The number of aromatic nitrogens is 2. The lowest BCUT2D eigenvalue weighted by atomic mass is 10.2. The predicted octanol–water partition coefficient (Wildman–Crippen LogP) is 3.01. The van der Waals surface area contributed by atoms with Gasteiger partial charge in [0.25, 0.3) is 0 Å². The lowest BCUT2D eigenvalue weighted by Crippen LogP contribution is -2.05. The smallest absolute Gasteiger partial charge is 0.229 e. The zero-order valence-electron chi connectivity index (χ0n) is 11.2. The van der Waals surface area contributed by atoms with Gasteiger partial charge in [-0.1, -0.05) is 11.2 Å². The molecule has 20 heavy (non-hydrogen) atoms. The van der Waals surface area contributed by atoms with Crippen molar-refractivity contribution in [3.63, 3.8) is 0 Å². The molecule has 5 nitrogen and oxygen atoms in total. The average molecular weight is 338 g/mol. The number of rotatable bonds is 6. The van der Waals surface area contributed by atoms with E-state index < -0.39 is 0 Å². The topological polar surface area (TPSA) is 60.2 Å². The normalized spacial score (nSPS) is 14.5. The van der Waals surface area contributed by atoms with Gasteiger partial charge in [-0.2, -0.15) is 4.98 Å². The third-order valence-corrected chi connectivity index (χ3v) is 3.76. The van der Waals surface area contributed by atoms with Crippen molar-refractivity contribution in [3.8, 4) is 5.75 Å². The van der Waals surface area contributed by atoms with Crippen LogP contribution in [0.1, 0.15) is 36.0 Å². The Bertz CT molecular complexity index is 596. The second-order valence-corrected chi connectivity index (χ2v) is 5.76. The highest BCUT2D eigenvalue weighted by atomic mass is 79.9. The number of benzene rings is 1. The van der Waals surface area contributed by atoms with Crippen LogP contribution >= 0.6 is 15.9 Å². The van der Waals surface area contributed by atoms with Gasteiger partial charge in [0.15, 0.2) is 6.61 Å². The van der Waals surface area contributed by atoms with Gasteiger partial charge in [-0.25, -0.2) is 0 Å². The van der Waals surface area contributed by atoms with Crippen molar-refractivity contribution >= 4 is 15.9 Å². The second kappa shape index (κ2) is 5.93. The Morgan fingerprint density at radius 2 is 2.30 bits per heavy atom. The largest absolute Gasteiger partial charge is 0.484 e. The van der Waals surface area contributed by atoms with Crippen molar-refractivity contribution in [3.05, 3.63) is 40.0 Å². The van der Waals surface area contributed by atoms with Crippen LogP contribution in [0.3, 0.4) is 0 Å². The summed E-state index contributed by atoms with van der Waals surface area (Å²) in [6, 6.07) is 6.01. The Morgan fingerprint density at radius 3 is 3.00 bits per heavy atom. The van der Waals surface area contributed by atoms with E-state index >= 15 is 0 Å². The summed E-state index contributed by atoms with van der Waals surface area (Å²) in [5.74, 6) is 2.59. The van der Waals surface area contributed by atoms with Gasteiger partial charge in [0, 0.05) is 12.5 Å². The molecule has 0 bridgehead atoms. The van der Waals surface area contributed by atoms with Crippen molar-refractivity contribution < 1.29 is 9.26 Å². The van der Waals surface area contributed by atoms with Crippen molar-refractivity contribution in [2.75, 3.05) is 7.05 Å². The maximum absolute atomic E-state index is 5.72. The van der Waals surface area contributed by atoms with Crippen molar-refractivity contribution in [2.45, 2.75) is 31.9 Å². The molecule has 2 aromatic rings. The van der Waals surface area contributed by atoms with Gasteiger partial charge < -0.3 is 14.6 Å². The predicted molar refractivity (Wildman–Crippen MR) is 77.5 cm³/mol. The van der Waals surface area contributed by atoms with Crippen LogP contribution in [-0.2, 0) is 13.2 Å². The summed E-state index contributed by atoms with van der Waals surface area (Å²) in [7, 11) is 1.92. The fourth-order valence-electron chi connectivity index (χ4n) is 1.94. The number of halogens is 1. The Kier molecular flexibility index (Phi) is 4.03. The molecule has 0 aliphatic heterocycles. The van der Waals surface area contributed by atoms with Crippen molar-refractivity contribution in [1.82, 2.24) is 15.5 Å². The minimum atomic E-state index is 0.320. The van der Waals surface area contributed by atoms with Gasteiger partial charge in [-0.15, -0.1) is 0 Å². The molecule has 106 valence electrons. The molecule has 0 spiro atoms. The van der Waals surface area contributed by atoms with E-state index in [-0.39, 0.29) is 0 Å². The van der Waals surface area contributed by atoms with E-state index in [0.717, 1.165) is 35.5 Å². The Hall–Kier alpha value is -1.40. The van der Waals surface area contributed by atoms with E-state index in [1.807, 2.05) is 25.2 Å². The first kappa shape index (κ1) is 13.6. The van der Waals surface area contributed by atoms with E-state index in [9.17, 15) is 0 Å². The highest BCUT2D eigenvalue weighted by Crippen LogP contribution is 2.38. The molecule has 0 saturated heterocycles. The molecule has 0 unspecified atom stereocenters. The number of nitrogens with one attached hydrogen (secondary N) is 1. The van der Waals surface area contributed by atoms with Crippen LogP contribution in [0.2, 0.25) is 0 Å². The van der Waals surface area contributed by atoms with Crippen molar-refractivity contribution in [1.29, 1.82) is 0 Å². The molecular weight excluding hydrogens is 322 g/mol. The van der Waals surface area contributed by atoms with Gasteiger partial charge in [0.2, 0.25) is 11.7 Å². The van der Waals surface area contributed by atoms with Gasteiger partial charge in [0.05, 0.1) is 4.47 Å². The van der Waals surface area contributed by atoms with Crippen LogP contribution in [0.15, 0.2) is 27.2 Å². The van der Waals surface area contributed by atoms with Crippen molar-refractivity contribution in [2.24, 2.45) is 0 Å². The molecule has 1 saturated carbocycles. The quantitative estimate of drug-likeness (QED) is 0.877. The second-order valence-electron chi connectivity index (χ2n) is 4.91. The van der Waals surface area contributed by atoms with Gasteiger partial charge in [-0.3, -0.25) is 0 Å². The molecule has 1 N–H and O–H groups in total. The fourth-order valence-corrected chi connectivity index (χ4v) is 2.48. The first-order chi connectivity index (χ1) is 9.76. The van der Waals surface area contributed by atoms with Crippen LogP contribution in [-0.4, -0.2) is 17.2 Å². The molecular formula is C14H16BrN3O2. The minimum Gasteiger partial charge on any atom is -0.484 e.